The van der Waals surface area contributed by atoms with Gasteiger partial charge < -0.3 is 0 Å². The third-order valence-electron chi connectivity index (χ3n) is 4.49. The number of carbonyl (C=O) groups is 1. The van der Waals surface area contributed by atoms with E-state index >= 15 is 0 Å². The molecule has 1 unspecified atom stereocenters. The van der Waals surface area contributed by atoms with Crippen LogP contribution in [0.3, 0.4) is 0 Å². The summed E-state index contributed by atoms with van der Waals surface area (Å²) in [5, 5.41) is 0. The zero-order valence-electron chi connectivity index (χ0n) is 9.35. The second-order valence-corrected chi connectivity index (χ2v) is 5.38. The van der Waals surface area contributed by atoms with E-state index in [1.165, 1.54) is 38.5 Å². The molecule has 80 valence electrons. The highest BCUT2D eigenvalue weighted by atomic mass is 16.1. The molecule has 0 aliphatic heterocycles. The van der Waals surface area contributed by atoms with Crippen LogP contribution < -0.4 is 0 Å². The number of hydrogen-bond acceptors (Lipinski definition) is 1. The Labute approximate surface area is 87.3 Å². The average Bonchev–Trinajstić information content (AvgIpc) is 2.24. The van der Waals surface area contributed by atoms with Gasteiger partial charge in [-0.3, -0.25) is 4.79 Å². The number of Topliss-reactive ketones (excluding diaryl/α,β-unsaturated/α-hetero) is 1. The third-order valence-corrected chi connectivity index (χ3v) is 4.49. The van der Waals surface area contributed by atoms with Gasteiger partial charge in [-0.1, -0.05) is 32.6 Å². The largest absolute Gasteiger partial charge is 0.299 e. The van der Waals surface area contributed by atoms with Crippen LogP contribution in [0.15, 0.2) is 0 Å². The quantitative estimate of drug-likeness (QED) is 0.622. The highest BCUT2D eigenvalue weighted by Crippen LogP contribution is 2.45. The van der Waals surface area contributed by atoms with Gasteiger partial charge in [-0.05, 0) is 31.6 Å². The fourth-order valence-corrected chi connectivity index (χ4v) is 3.37. The lowest BCUT2D eigenvalue weighted by Crippen LogP contribution is -2.39. The second-order valence-electron chi connectivity index (χ2n) is 5.38. The number of hydrogen-bond donors (Lipinski definition) is 0. The highest BCUT2D eigenvalue weighted by molar-refractivity contribution is 5.85. The zero-order chi connectivity index (χ0) is 10.0. The SMILES string of the molecule is CC1(C2CCCCC2)CCCCC1=O. The Balaban J connectivity index is 2.07. The summed E-state index contributed by atoms with van der Waals surface area (Å²) in [5.74, 6) is 1.28. The normalized spacial score (nSPS) is 35.9. The minimum absolute atomic E-state index is 0.0681. The summed E-state index contributed by atoms with van der Waals surface area (Å²) in [6.07, 6.45) is 11.1. The molecule has 1 nitrogen and oxygen atoms in total. The van der Waals surface area contributed by atoms with Gasteiger partial charge in [0.1, 0.15) is 5.78 Å². The molecule has 14 heavy (non-hydrogen) atoms. The highest BCUT2D eigenvalue weighted by Gasteiger charge is 2.41. The standard InChI is InChI=1S/C13H22O/c1-13(10-6-5-9-12(13)14)11-7-3-2-4-8-11/h11H,2-10H2,1H3. The topological polar surface area (TPSA) is 17.1 Å². The Bertz CT molecular complexity index is 215. The molecule has 0 saturated heterocycles. The van der Waals surface area contributed by atoms with E-state index in [4.69, 9.17) is 0 Å². The fraction of sp³-hybridized carbons (Fsp3) is 0.923. The molecular formula is C13H22O. The summed E-state index contributed by atoms with van der Waals surface area (Å²) in [4.78, 5) is 12.0. The van der Waals surface area contributed by atoms with E-state index in [0.29, 0.717) is 11.7 Å². The van der Waals surface area contributed by atoms with Gasteiger partial charge >= 0.3 is 0 Å². The predicted molar refractivity (Wildman–Crippen MR) is 58.2 cm³/mol. The van der Waals surface area contributed by atoms with Crippen molar-refractivity contribution in [1.82, 2.24) is 0 Å². The van der Waals surface area contributed by atoms with Crippen molar-refractivity contribution < 1.29 is 4.79 Å². The molecule has 0 amide bonds. The minimum atomic E-state index is 0.0681. The molecule has 2 rings (SSSR count). The number of rotatable bonds is 1. The van der Waals surface area contributed by atoms with E-state index in [1.54, 1.807) is 0 Å². The maximum Gasteiger partial charge on any atom is 0.139 e. The van der Waals surface area contributed by atoms with Gasteiger partial charge in [0.05, 0.1) is 0 Å². The summed E-state index contributed by atoms with van der Waals surface area (Å²) >= 11 is 0. The van der Waals surface area contributed by atoms with Gasteiger partial charge in [0.25, 0.3) is 0 Å². The Kier molecular flexibility index (Phi) is 2.94. The molecule has 0 aromatic carbocycles. The van der Waals surface area contributed by atoms with E-state index < -0.39 is 0 Å². The molecule has 0 heterocycles. The second kappa shape index (κ2) is 4.04. The molecule has 0 radical (unpaired) electrons. The van der Waals surface area contributed by atoms with Gasteiger partial charge in [-0.15, -0.1) is 0 Å². The lowest BCUT2D eigenvalue weighted by atomic mass is 9.62. The summed E-state index contributed by atoms with van der Waals surface area (Å²) in [6.45, 7) is 2.24. The first-order valence-corrected chi connectivity index (χ1v) is 6.27. The predicted octanol–water partition coefficient (Wildman–Crippen LogP) is 3.72. The molecule has 1 heteroatoms. The van der Waals surface area contributed by atoms with Gasteiger partial charge in [-0.2, -0.15) is 0 Å². The van der Waals surface area contributed by atoms with Crippen molar-refractivity contribution in [3.63, 3.8) is 0 Å². The Hall–Kier alpha value is -0.330. The maximum absolute atomic E-state index is 12.0. The molecular weight excluding hydrogens is 172 g/mol. The van der Waals surface area contributed by atoms with Crippen molar-refractivity contribution in [3.05, 3.63) is 0 Å². The van der Waals surface area contributed by atoms with Crippen molar-refractivity contribution in [2.24, 2.45) is 11.3 Å². The van der Waals surface area contributed by atoms with Gasteiger partial charge in [0.15, 0.2) is 0 Å². The van der Waals surface area contributed by atoms with E-state index in [0.717, 1.165) is 19.3 Å². The minimum Gasteiger partial charge on any atom is -0.299 e. The molecule has 2 aliphatic carbocycles. The number of ketones is 1. The molecule has 2 aliphatic rings. The van der Waals surface area contributed by atoms with Crippen LogP contribution in [-0.4, -0.2) is 5.78 Å². The average molecular weight is 194 g/mol. The zero-order valence-corrected chi connectivity index (χ0v) is 9.35. The first-order chi connectivity index (χ1) is 6.73. The molecule has 0 aromatic heterocycles. The van der Waals surface area contributed by atoms with E-state index in [-0.39, 0.29) is 5.41 Å². The summed E-state index contributed by atoms with van der Waals surface area (Å²) in [5.41, 5.74) is 0.0681. The Morgan fingerprint density at radius 2 is 1.79 bits per heavy atom. The van der Waals surface area contributed by atoms with Crippen LogP contribution in [0.1, 0.15) is 64.7 Å². The van der Waals surface area contributed by atoms with Gasteiger partial charge in [0.2, 0.25) is 0 Å². The van der Waals surface area contributed by atoms with E-state index in [2.05, 4.69) is 6.92 Å². The van der Waals surface area contributed by atoms with Crippen LogP contribution in [-0.2, 0) is 4.79 Å². The molecule has 1 atom stereocenters. The van der Waals surface area contributed by atoms with Crippen LogP contribution in [0.25, 0.3) is 0 Å². The van der Waals surface area contributed by atoms with Crippen molar-refractivity contribution in [1.29, 1.82) is 0 Å². The van der Waals surface area contributed by atoms with Crippen LogP contribution in [0.2, 0.25) is 0 Å². The van der Waals surface area contributed by atoms with Gasteiger partial charge in [0, 0.05) is 11.8 Å². The smallest absolute Gasteiger partial charge is 0.139 e. The lowest BCUT2D eigenvalue weighted by molar-refractivity contribution is -0.134. The van der Waals surface area contributed by atoms with E-state index in [1.807, 2.05) is 0 Å². The van der Waals surface area contributed by atoms with E-state index in [9.17, 15) is 4.79 Å². The molecule has 2 saturated carbocycles. The molecule has 2 fully saturated rings. The van der Waals surface area contributed by atoms with Crippen LogP contribution in [0.5, 0.6) is 0 Å². The Morgan fingerprint density at radius 1 is 1.07 bits per heavy atom. The lowest BCUT2D eigenvalue weighted by Gasteiger charge is -2.41. The molecule has 0 spiro atoms. The summed E-state index contributed by atoms with van der Waals surface area (Å²) < 4.78 is 0. The Morgan fingerprint density at radius 3 is 2.43 bits per heavy atom. The first kappa shape index (κ1) is 10.2. The van der Waals surface area contributed by atoms with Crippen molar-refractivity contribution in [2.45, 2.75) is 64.7 Å². The van der Waals surface area contributed by atoms with Gasteiger partial charge in [-0.25, -0.2) is 0 Å². The van der Waals surface area contributed by atoms with Crippen molar-refractivity contribution in [2.75, 3.05) is 0 Å². The maximum atomic E-state index is 12.0. The van der Waals surface area contributed by atoms with Crippen LogP contribution in [0, 0.1) is 11.3 Å². The molecule has 0 N–H and O–H groups in total. The van der Waals surface area contributed by atoms with Crippen LogP contribution in [0.4, 0.5) is 0 Å². The van der Waals surface area contributed by atoms with Crippen LogP contribution >= 0.6 is 0 Å². The summed E-state index contributed by atoms with van der Waals surface area (Å²) in [7, 11) is 0. The molecule has 0 bridgehead atoms. The fourth-order valence-electron chi connectivity index (χ4n) is 3.37. The molecule has 0 aromatic rings. The first-order valence-electron chi connectivity index (χ1n) is 6.27. The third kappa shape index (κ3) is 1.74. The van der Waals surface area contributed by atoms with Crippen molar-refractivity contribution in [3.8, 4) is 0 Å². The van der Waals surface area contributed by atoms with Crippen molar-refractivity contribution >= 4 is 5.78 Å². The monoisotopic (exact) mass is 194 g/mol. The number of carbonyl (C=O) groups excluding carboxylic acids is 1. The summed E-state index contributed by atoms with van der Waals surface area (Å²) in [6, 6.07) is 0.